The van der Waals surface area contributed by atoms with Gasteiger partial charge in [0.2, 0.25) is 5.95 Å². The highest BCUT2D eigenvalue weighted by atomic mass is 35.5. The van der Waals surface area contributed by atoms with Gasteiger partial charge in [-0.3, -0.25) is 14.5 Å². The summed E-state index contributed by atoms with van der Waals surface area (Å²) >= 11 is 5.64. The molecule has 0 saturated heterocycles. The molecule has 10 nitrogen and oxygen atoms in total. The van der Waals surface area contributed by atoms with Crippen molar-refractivity contribution in [3.05, 3.63) is 82.0 Å². The Morgan fingerprint density at radius 2 is 1.93 bits per heavy atom. The fraction of sp³-hybridized carbons (Fsp3) is 0.185. The largest absolute Gasteiger partial charge is 0.417 e. The molecule has 3 aromatic heterocycles. The Morgan fingerprint density at radius 1 is 1.10 bits per heavy atom. The van der Waals surface area contributed by atoms with E-state index in [0.717, 1.165) is 40.0 Å². The van der Waals surface area contributed by atoms with Crippen molar-refractivity contribution in [1.82, 2.24) is 24.7 Å². The van der Waals surface area contributed by atoms with Crippen LogP contribution < -0.4 is 15.5 Å². The van der Waals surface area contributed by atoms with E-state index < -0.39 is 28.4 Å². The minimum Gasteiger partial charge on any atom is -0.321 e. The fourth-order valence-corrected chi connectivity index (χ4v) is 4.85. The van der Waals surface area contributed by atoms with E-state index in [1.54, 1.807) is 29.2 Å². The number of aliphatic imine (C=N–C) groups is 1. The molecule has 0 fully saturated rings. The summed E-state index contributed by atoms with van der Waals surface area (Å²) in [5.74, 6) is 1.06. The third kappa shape index (κ3) is 5.11. The SMILES string of the molecule is Cc1ccc(NC(=O)c2cc(C(F)(F)F)c(Cl)cn2)cc1C1=Cc2cnc(Nc3cnn(C)c3)nc2N2CCN=C12. The highest BCUT2D eigenvalue weighted by Crippen LogP contribution is 2.38. The van der Waals surface area contributed by atoms with Crippen LogP contribution in [0.15, 0.2) is 54.0 Å². The van der Waals surface area contributed by atoms with Crippen LogP contribution in [0.25, 0.3) is 11.6 Å². The van der Waals surface area contributed by atoms with Gasteiger partial charge in [-0.15, -0.1) is 0 Å². The van der Waals surface area contributed by atoms with Gasteiger partial charge < -0.3 is 15.5 Å². The molecule has 0 radical (unpaired) electrons. The normalized spacial score (nSPS) is 14.2. The summed E-state index contributed by atoms with van der Waals surface area (Å²) in [7, 11) is 1.82. The number of carbonyl (C=O) groups is 1. The Bertz CT molecular complexity index is 1760. The van der Waals surface area contributed by atoms with E-state index in [4.69, 9.17) is 21.6 Å². The van der Waals surface area contributed by atoms with E-state index in [1.807, 2.05) is 37.2 Å². The number of halogens is 4. The molecule has 4 aromatic rings. The number of amidine groups is 1. The van der Waals surface area contributed by atoms with Crippen LogP contribution in [0.2, 0.25) is 5.02 Å². The van der Waals surface area contributed by atoms with Crippen LogP contribution in [-0.4, -0.2) is 49.6 Å². The molecular formula is C27H21ClF3N9O. The summed E-state index contributed by atoms with van der Waals surface area (Å²) in [5, 5.41) is 9.36. The van der Waals surface area contributed by atoms with Crippen LogP contribution in [-0.2, 0) is 13.2 Å². The Kier molecular flexibility index (Phi) is 6.45. The molecule has 2 N–H and O–H groups in total. The lowest BCUT2D eigenvalue weighted by Gasteiger charge is -2.28. The van der Waals surface area contributed by atoms with Crippen molar-refractivity contribution in [1.29, 1.82) is 0 Å². The lowest BCUT2D eigenvalue weighted by molar-refractivity contribution is -0.137. The van der Waals surface area contributed by atoms with Gasteiger partial charge in [-0.2, -0.15) is 23.3 Å². The van der Waals surface area contributed by atoms with Gasteiger partial charge in [0.1, 0.15) is 17.3 Å². The predicted octanol–water partition coefficient (Wildman–Crippen LogP) is 5.35. The average Bonchev–Trinajstić information content (AvgIpc) is 3.58. The Morgan fingerprint density at radius 3 is 2.68 bits per heavy atom. The van der Waals surface area contributed by atoms with Crippen LogP contribution in [0.1, 0.15) is 32.7 Å². The third-order valence-electron chi connectivity index (χ3n) is 6.57. The zero-order valence-corrected chi connectivity index (χ0v) is 22.4. The zero-order valence-electron chi connectivity index (χ0n) is 21.7. The molecule has 0 unspecified atom stereocenters. The maximum absolute atomic E-state index is 13.3. The molecule has 0 spiro atoms. The summed E-state index contributed by atoms with van der Waals surface area (Å²) in [4.78, 5) is 32.5. The number of alkyl halides is 3. The first-order valence-corrected chi connectivity index (χ1v) is 12.8. The molecule has 2 aliphatic rings. The van der Waals surface area contributed by atoms with Crippen molar-refractivity contribution in [3.8, 4) is 0 Å². The second-order valence-electron chi connectivity index (χ2n) is 9.45. The summed E-state index contributed by atoms with van der Waals surface area (Å²) in [6.45, 7) is 3.12. The molecule has 5 heterocycles. The predicted molar refractivity (Wildman–Crippen MR) is 149 cm³/mol. The van der Waals surface area contributed by atoms with Crippen molar-refractivity contribution in [2.75, 3.05) is 28.6 Å². The summed E-state index contributed by atoms with van der Waals surface area (Å²) < 4.78 is 41.5. The number of aryl methyl sites for hydroxylation is 2. The van der Waals surface area contributed by atoms with E-state index in [2.05, 4.69) is 25.7 Å². The number of fused-ring (bicyclic) bond motifs is 3. The maximum Gasteiger partial charge on any atom is 0.417 e. The van der Waals surface area contributed by atoms with Gasteiger partial charge in [0, 0.05) is 49.0 Å². The van der Waals surface area contributed by atoms with Crippen molar-refractivity contribution in [3.63, 3.8) is 0 Å². The molecule has 0 bridgehead atoms. The van der Waals surface area contributed by atoms with E-state index in [0.29, 0.717) is 36.6 Å². The summed E-state index contributed by atoms with van der Waals surface area (Å²) in [6.07, 6.45) is 3.25. The van der Waals surface area contributed by atoms with Gasteiger partial charge in [-0.25, -0.2) is 9.97 Å². The van der Waals surface area contributed by atoms with Crippen molar-refractivity contribution < 1.29 is 18.0 Å². The Labute approximate surface area is 236 Å². The van der Waals surface area contributed by atoms with Gasteiger partial charge in [-0.05, 0) is 42.3 Å². The molecule has 41 heavy (non-hydrogen) atoms. The van der Waals surface area contributed by atoms with Crippen LogP contribution in [0, 0.1) is 6.92 Å². The molecule has 0 saturated carbocycles. The molecule has 6 rings (SSSR count). The number of hydrogen-bond donors (Lipinski definition) is 2. The maximum atomic E-state index is 13.3. The van der Waals surface area contributed by atoms with E-state index >= 15 is 0 Å². The number of nitrogens with zero attached hydrogens (tertiary/aromatic N) is 7. The standard InChI is InChI=1S/C27H21ClF3N9O/c1-14-3-4-16(36-25(41)22-9-20(27(29,30)31)21(28)12-33-22)8-18(14)19-7-15-10-34-26(37-17-11-35-39(2)13-17)38-23(15)40-6-5-32-24(19)40/h3-4,7-13H,5-6H2,1-2H3,(H,36,41)(H,34,37,38). The van der Waals surface area contributed by atoms with Gasteiger partial charge in [0.25, 0.3) is 5.91 Å². The first-order chi connectivity index (χ1) is 19.6. The first kappa shape index (κ1) is 26.4. The first-order valence-electron chi connectivity index (χ1n) is 12.4. The molecule has 1 aromatic carbocycles. The number of amides is 1. The number of hydrogen-bond acceptors (Lipinski definition) is 8. The topological polar surface area (TPSA) is 113 Å². The second-order valence-corrected chi connectivity index (χ2v) is 9.85. The second kappa shape index (κ2) is 10.0. The van der Waals surface area contributed by atoms with Gasteiger partial charge in [-0.1, -0.05) is 17.7 Å². The molecule has 208 valence electrons. The average molecular weight is 580 g/mol. The number of carbonyl (C=O) groups excluding carboxylic acids is 1. The molecule has 14 heteroatoms. The van der Waals surface area contributed by atoms with E-state index in [9.17, 15) is 18.0 Å². The lowest BCUT2D eigenvalue weighted by Crippen LogP contribution is -2.32. The molecule has 2 aliphatic heterocycles. The monoisotopic (exact) mass is 579 g/mol. The zero-order chi connectivity index (χ0) is 28.9. The minimum atomic E-state index is -4.72. The third-order valence-corrected chi connectivity index (χ3v) is 6.87. The summed E-state index contributed by atoms with van der Waals surface area (Å²) in [5.41, 5.74) is 2.89. The molecule has 0 aliphatic carbocycles. The number of pyridine rings is 1. The highest BCUT2D eigenvalue weighted by Gasteiger charge is 2.35. The smallest absolute Gasteiger partial charge is 0.321 e. The number of aromatic nitrogens is 5. The molecular weight excluding hydrogens is 559 g/mol. The van der Waals surface area contributed by atoms with Crippen molar-refractivity contribution >= 4 is 58.1 Å². The number of benzene rings is 1. The summed E-state index contributed by atoms with van der Waals surface area (Å²) in [6, 6.07) is 5.87. The van der Waals surface area contributed by atoms with E-state index in [-0.39, 0.29) is 0 Å². The quantitative estimate of drug-likeness (QED) is 0.327. The Hall–Kier alpha value is -4.78. The Balaban J connectivity index is 1.31. The van der Waals surface area contributed by atoms with Crippen LogP contribution in [0.3, 0.4) is 0 Å². The van der Waals surface area contributed by atoms with Crippen LogP contribution in [0.5, 0.6) is 0 Å². The molecule has 0 atom stereocenters. The van der Waals surface area contributed by atoms with Crippen molar-refractivity contribution in [2.45, 2.75) is 13.1 Å². The number of nitrogens with one attached hydrogen (secondary N) is 2. The van der Waals surface area contributed by atoms with Crippen LogP contribution >= 0.6 is 11.6 Å². The van der Waals surface area contributed by atoms with Crippen LogP contribution in [0.4, 0.5) is 36.3 Å². The number of rotatable bonds is 5. The lowest BCUT2D eigenvalue weighted by atomic mass is 9.94. The van der Waals surface area contributed by atoms with Gasteiger partial charge in [0.15, 0.2) is 0 Å². The van der Waals surface area contributed by atoms with Gasteiger partial charge >= 0.3 is 6.18 Å². The highest BCUT2D eigenvalue weighted by molar-refractivity contribution is 6.36. The van der Waals surface area contributed by atoms with Crippen molar-refractivity contribution in [2.24, 2.45) is 12.0 Å². The van der Waals surface area contributed by atoms with Gasteiger partial charge in [0.05, 0.1) is 29.0 Å². The van der Waals surface area contributed by atoms with E-state index in [1.165, 1.54) is 0 Å². The fourth-order valence-electron chi connectivity index (χ4n) is 4.64. The minimum absolute atomic E-state index is 0.380. The molecule has 1 amide bonds. The number of anilines is 4.